The summed E-state index contributed by atoms with van der Waals surface area (Å²) in [7, 11) is 1.00. The summed E-state index contributed by atoms with van der Waals surface area (Å²) in [5, 5.41) is 9.44. The van der Waals surface area contributed by atoms with Crippen LogP contribution in [0.15, 0.2) is 66.7 Å². The van der Waals surface area contributed by atoms with Gasteiger partial charge in [-0.05, 0) is 11.1 Å². The minimum atomic E-state index is 0. The number of fused-ring (bicyclic) bond motifs is 2. The van der Waals surface area contributed by atoms with E-state index in [1.165, 1.54) is 33.4 Å². The predicted octanol–water partition coefficient (Wildman–Crippen LogP) is 0.0333. The van der Waals surface area contributed by atoms with Gasteiger partial charge in [0.05, 0.1) is 0 Å². The maximum absolute atomic E-state index is 7.00. The molecule has 1 unspecified atom stereocenters. The van der Waals surface area contributed by atoms with Gasteiger partial charge in [0.1, 0.15) is 0 Å². The SMILES string of the molecule is CO.C[C-](C)C.[Cl-].[Cl-].[Ti+4].[c-]1c(C2C=Cc3ccccc32)ccc2ccccc12. The van der Waals surface area contributed by atoms with Gasteiger partial charge in [0.15, 0.2) is 0 Å². The van der Waals surface area contributed by atoms with Crippen LogP contribution in [0.2, 0.25) is 0 Å². The second kappa shape index (κ2) is 14.8. The normalized spacial score (nSPS) is 12.9. The van der Waals surface area contributed by atoms with Crippen molar-refractivity contribution in [1.29, 1.82) is 0 Å². The van der Waals surface area contributed by atoms with E-state index in [0.717, 1.165) is 7.11 Å². The number of aliphatic hydroxyl groups excluding tert-OH is 1. The van der Waals surface area contributed by atoms with E-state index in [4.69, 9.17) is 5.11 Å². The Kier molecular flexibility index (Phi) is 15.4. The second-order valence-electron chi connectivity index (χ2n) is 6.47. The number of benzene rings is 3. The Labute approximate surface area is 197 Å². The van der Waals surface area contributed by atoms with Crippen molar-refractivity contribution in [3.05, 3.63) is 95.4 Å². The van der Waals surface area contributed by atoms with E-state index < -0.39 is 0 Å². The van der Waals surface area contributed by atoms with Crippen molar-refractivity contribution in [3.63, 3.8) is 0 Å². The second-order valence-corrected chi connectivity index (χ2v) is 6.47. The summed E-state index contributed by atoms with van der Waals surface area (Å²) in [5.74, 6) is 1.76. The number of hydrogen-bond donors (Lipinski definition) is 1. The Morgan fingerprint density at radius 1 is 0.821 bits per heavy atom. The van der Waals surface area contributed by atoms with Gasteiger partial charge in [-0.1, -0.05) is 48.6 Å². The van der Waals surface area contributed by atoms with Crippen LogP contribution in [0.4, 0.5) is 0 Å². The van der Waals surface area contributed by atoms with Crippen LogP contribution in [0.5, 0.6) is 0 Å². The molecular weight excluding hydrogens is 423 g/mol. The topological polar surface area (TPSA) is 20.2 Å². The average Bonchev–Trinajstić information content (AvgIpc) is 3.07. The van der Waals surface area contributed by atoms with Crippen LogP contribution in [-0.2, 0) is 21.7 Å². The van der Waals surface area contributed by atoms with Gasteiger partial charge < -0.3 is 35.8 Å². The van der Waals surface area contributed by atoms with Gasteiger partial charge in [-0.25, -0.2) is 0 Å². The molecule has 0 bridgehead atoms. The van der Waals surface area contributed by atoms with Gasteiger partial charge in [0, 0.05) is 13.0 Å². The van der Waals surface area contributed by atoms with E-state index in [0.29, 0.717) is 5.92 Å². The molecule has 146 valence electrons. The Morgan fingerprint density at radius 3 is 2.07 bits per heavy atom. The molecule has 1 N–H and O–H groups in total. The number of allylic oxidation sites excluding steroid dienone is 1. The Hall–Kier alpha value is -1.09. The molecule has 0 spiro atoms. The predicted molar refractivity (Wildman–Crippen MR) is 109 cm³/mol. The molecule has 1 aliphatic rings. The van der Waals surface area contributed by atoms with Crippen LogP contribution in [-0.4, -0.2) is 12.2 Å². The summed E-state index contributed by atoms with van der Waals surface area (Å²) in [6, 6.07) is 24.9. The number of halogens is 2. The molecule has 1 nitrogen and oxygen atoms in total. The van der Waals surface area contributed by atoms with E-state index in [-0.39, 0.29) is 46.5 Å². The van der Waals surface area contributed by atoms with Crippen LogP contribution < -0.4 is 24.8 Å². The zero-order chi connectivity index (χ0) is 18.2. The first kappa shape index (κ1) is 29.1. The van der Waals surface area contributed by atoms with Crippen LogP contribution in [0, 0.1) is 12.0 Å². The summed E-state index contributed by atoms with van der Waals surface area (Å²) >= 11 is 0. The minimum Gasteiger partial charge on any atom is -1.00 e. The summed E-state index contributed by atoms with van der Waals surface area (Å²) in [5.41, 5.74) is 3.96. The molecule has 0 radical (unpaired) electrons. The molecular formula is C24H26Cl2OTi. The summed E-state index contributed by atoms with van der Waals surface area (Å²) in [6.07, 6.45) is 4.48. The van der Waals surface area contributed by atoms with Crippen LogP contribution in [0.1, 0.15) is 43.4 Å². The first-order valence-corrected chi connectivity index (χ1v) is 8.55. The molecule has 0 saturated carbocycles. The van der Waals surface area contributed by atoms with Crippen LogP contribution >= 0.6 is 0 Å². The molecule has 4 heteroatoms. The fraction of sp³-hybridized carbons (Fsp3) is 0.208. The van der Waals surface area contributed by atoms with Crippen LogP contribution in [0.25, 0.3) is 16.8 Å². The Balaban J connectivity index is 0. The zero-order valence-corrected chi connectivity index (χ0v) is 19.8. The summed E-state index contributed by atoms with van der Waals surface area (Å²) < 4.78 is 0. The maximum Gasteiger partial charge on any atom is 4.00 e. The van der Waals surface area contributed by atoms with Gasteiger partial charge >= 0.3 is 21.7 Å². The minimum absolute atomic E-state index is 0. The standard InChI is InChI=1S/C19H13.C4H9.CH4O.2ClH.Ti/c1-2-7-16-13-17(10-9-14(16)5-1)19-12-11-15-6-3-4-8-18(15)19;1-4(2)3;1-2;;;/h1-12,19H;1-3H3;2H,1H3;2*1H;/q2*-1;;;;+4/p-2. The third-order valence-electron chi connectivity index (χ3n) is 3.82. The third-order valence-corrected chi connectivity index (χ3v) is 3.82. The molecule has 28 heavy (non-hydrogen) atoms. The van der Waals surface area contributed by atoms with Gasteiger partial charge in [-0.3, -0.25) is 0 Å². The third kappa shape index (κ3) is 7.74. The molecule has 4 rings (SSSR count). The van der Waals surface area contributed by atoms with Gasteiger partial charge in [-0.15, -0.1) is 46.7 Å². The first-order chi connectivity index (χ1) is 12.1. The Bertz CT molecular complexity index is 844. The van der Waals surface area contributed by atoms with Crippen molar-refractivity contribution in [3.8, 4) is 0 Å². The molecule has 0 saturated heterocycles. The molecule has 1 atom stereocenters. The van der Waals surface area contributed by atoms with Gasteiger partial charge in [0.25, 0.3) is 0 Å². The fourth-order valence-corrected chi connectivity index (χ4v) is 2.83. The first-order valence-electron chi connectivity index (χ1n) is 8.55. The van der Waals surface area contributed by atoms with Crippen molar-refractivity contribution >= 4 is 16.8 Å². The number of aliphatic hydroxyl groups is 1. The van der Waals surface area contributed by atoms with E-state index in [1.807, 2.05) is 0 Å². The molecule has 0 aromatic heterocycles. The fourth-order valence-electron chi connectivity index (χ4n) is 2.83. The Morgan fingerprint density at radius 2 is 1.39 bits per heavy atom. The van der Waals surface area contributed by atoms with Crippen molar-refractivity contribution in [2.45, 2.75) is 26.7 Å². The monoisotopic (exact) mass is 448 g/mol. The summed E-state index contributed by atoms with van der Waals surface area (Å²) in [4.78, 5) is 0. The van der Waals surface area contributed by atoms with Crippen molar-refractivity contribution in [2.75, 3.05) is 7.11 Å². The maximum atomic E-state index is 7.00. The van der Waals surface area contributed by atoms with E-state index in [9.17, 15) is 0 Å². The van der Waals surface area contributed by atoms with E-state index in [2.05, 4.69) is 99.7 Å². The molecule has 0 aliphatic heterocycles. The average molecular weight is 449 g/mol. The summed E-state index contributed by atoms with van der Waals surface area (Å²) in [6.45, 7) is 6.25. The van der Waals surface area contributed by atoms with E-state index >= 15 is 0 Å². The van der Waals surface area contributed by atoms with Gasteiger partial charge in [-0.2, -0.15) is 20.8 Å². The molecule has 0 amide bonds. The van der Waals surface area contributed by atoms with Crippen molar-refractivity contribution < 1.29 is 51.6 Å². The molecule has 3 aromatic carbocycles. The molecule has 0 heterocycles. The van der Waals surface area contributed by atoms with Gasteiger partial charge in [0.2, 0.25) is 0 Å². The number of rotatable bonds is 1. The quantitative estimate of drug-likeness (QED) is 0.411. The van der Waals surface area contributed by atoms with Crippen LogP contribution in [0.3, 0.4) is 0 Å². The molecule has 0 fully saturated rings. The molecule has 3 aromatic rings. The largest absolute Gasteiger partial charge is 4.00 e. The van der Waals surface area contributed by atoms with Crippen molar-refractivity contribution in [1.82, 2.24) is 0 Å². The van der Waals surface area contributed by atoms with E-state index in [1.54, 1.807) is 0 Å². The smallest absolute Gasteiger partial charge is 1.00 e. The zero-order valence-electron chi connectivity index (χ0n) is 16.7. The van der Waals surface area contributed by atoms with Crippen molar-refractivity contribution in [2.24, 2.45) is 0 Å². The number of hydrogen-bond acceptors (Lipinski definition) is 1. The molecule has 1 aliphatic carbocycles.